The average molecular weight is 356 g/mol. The summed E-state index contributed by atoms with van der Waals surface area (Å²) in [6.07, 6.45) is 0. The first-order valence-electron chi connectivity index (χ1n) is 8.99. The van der Waals surface area contributed by atoms with Crippen molar-refractivity contribution >= 4 is 17.3 Å². The van der Waals surface area contributed by atoms with Gasteiger partial charge >= 0.3 is 0 Å². The molecule has 2 rings (SSSR count). The number of methoxy groups -OCH3 is 1. The maximum Gasteiger partial charge on any atom is 0.253 e. The third-order valence-electron chi connectivity index (χ3n) is 4.48. The second-order valence-corrected chi connectivity index (χ2v) is 6.13. The lowest BCUT2D eigenvalue weighted by Crippen LogP contribution is -2.32. The number of hydrogen-bond acceptors (Lipinski definition) is 4. The van der Waals surface area contributed by atoms with E-state index in [4.69, 9.17) is 4.74 Å². The minimum atomic E-state index is -0.119. The molecular weight excluding hydrogens is 328 g/mol. The molecule has 1 unspecified atom stereocenters. The largest absolute Gasteiger partial charge is 0.497 e. The van der Waals surface area contributed by atoms with Crippen molar-refractivity contribution in [2.75, 3.05) is 31.7 Å². The zero-order valence-electron chi connectivity index (χ0n) is 16.0. The number of hydrogen-bond donors (Lipinski definition) is 1. The Kier molecular flexibility index (Phi) is 7.04. The Hall–Kier alpha value is -2.53. The second kappa shape index (κ2) is 9.25. The first-order valence-corrected chi connectivity index (χ1v) is 8.99. The van der Waals surface area contributed by atoms with Crippen LogP contribution in [0.3, 0.4) is 0 Å². The molecule has 0 aliphatic carbocycles. The summed E-state index contributed by atoms with van der Waals surface area (Å²) < 4.78 is 5.32. The first-order chi connectivity index (χ1) is 12.5. The Balaban J connectivity index is 2.36. The zero-order valence-corrected chi connectivity index (χ0v) is 16.0. The van der Waals surface area contributed by atoms with Crippen LogP contribution in [0, 0.1) is 0 Å². The van der Waals surface area contributed by atoms with Gasteiger partial charge in [-0.05, 0) is 57.2 Å². The number of carbonyl (C=O) groups excluding carboxylic acids is 1. The maximum absolute atomic E-state index is 12.5. The van der Waals surface area contributed by atoms with Crippen molar-refractivity contribution in [3.05, 3.63) is 54.1 Å². The van der Waals surface area contributed by atoms with Crippen molar-refractivity contribution < 1.29 is 14.6 Å². The lowest BCUT2D eigenvalue weighted by molar-refractivity contribution is 0.0773. The number of rotatable bonds is 8. The summed E-state index contributed by atoms with van der Waals surface area (Å²) in [4.78, 5) is 16.3. The van der Waals surface area contributed by atoms with E-state index in [1.165, 1.54) is 0 Å². The van der Waals surface area contributed by atoms with Gasteiger partial charge in [-0.25, -0.2) is 0 Å². The first kappa shape index (κ1) is 19.8. The van der Waals surface area contributed by atoms with Gasteiger partial charge in [-0.1, -0.05) is 6.07 Å². The normalized spacial score (nSPS) is 11.7. The van der Waals surface area contributed by atoms with E-state index < -0.39 is 0 Å². The summed E-state index contributed by atoms with van der Waals surface area (Å²) in [5.74, 6) is 0.788. The highest BCUT2D eigenvalue weighted by molar-refractivity contribution is 5.94. The molecule has 0 bridgehead atoms. The van der Waals surface area contributed by atoms with Gasteiger partial charge in [0.15, 0.2) is 0 Å². The minimum Gasteiger partial charge on any atom is -0.497 e. The average Bonchev–Trinajstić information content (AvgIpc) is 2.69. The van der Waals surface area contributed by atoms with Crippen molar-refractivity contribution in [3.8, 4) is 5.75 Å². The van der Waals surface area contributed by atoms with Crippen LogP contribution in [-0.2, 0) is 0 Å². The van der Waals surface area contributed by atoms with Gasteiger partial charge in [0, 0.05) is 36.1 Å². The fourth-order valence-electron chi connectivity index (χ4n) is 2.96. The molecule has 2 aromatic carbocycles. The third kappa shape index (κ3) is 4.35. The number of aliphatic hydroxyl groups is 1. The maximum atomic E-state index is 12.5. The Morgan fingerprint density at radius 2 is 1.73 bits per heavy atom. The zero-order chi connectivity index (χ0) is 19.1. The Labute approximate surface area is 155 Å². The Morgan fingerprint density at radius 3 is 2.27 bits per heavy atom. The Bertz CT molecular complexity index is 711. The van der Waals surface area contributed by atoms with E-state index >= 15 is 0 Å². The second-order valence-electron chi connectivity index (χ2n) is 6.13. The quantitative estimate of drug-likeness (QED) is 0.784. The van der Waals surface area contributed by atoms with Gasteiger partial charge in [0.2, 0.25) is 0 Å². The van der Waals surface area contributed by atoms with Gasteiger partial charge < -0.3 is 19.6 Å². The van der Waals surface area contributed by atoms with Crippen LogP contribution in [0.5, 0.6) is 5.75 Å². The lowest BCUT2D eigenvalue weighted by Gasteiger charge is -2.31. The minimum absolute atomic E-state index is 0.0112. The molecule has 26 heavy (non-hydrogen) atoms. The summed E-state index contributed by atoms with van der Waals surface area (Å²) >= 11 is 0. The van der Waals surface area contributed by atoms with Crippen LogP contribution >= 0.6 is 0 Å². The van der Waals surface area contributed by atoms with Crippen LogP contribution in [0.2, 0.25) is 0 Å². The van der Waals surface area contributed by atoms with Gasteiger partial charge in [-0.15, -0.1) is 0 Å². The molecule has 0 saturated carbocycles. The van der Waals surface area contributed by atoms with E-state index in [0.717, 1.165) is 17.1 Å². The molecular formula is C21H28N2O3. The molecule has 1 amide bonds. The third-order valence-corrected chi connectivity index (χ3v) is 4.48. The summed E-state index contributed by atoms with van der Waals surface area (Å²) in [6, 6.07) is 15.1. The number of aliphatic hydroxyl groups excluding tert-OH is 1. The van der Waals surface area contributed by atoms with E-state index in [-0.39, 0.29) is 18.6 Å². The molecule has 2 aromatic rings. The summed E-state index contributed by atoms with van der Waals surface area (Å²) in [5, 5.41) is 9.70. The van der Waals surface area contributed by atoms with E-state index in [1.807, 2.05) is 74.2 Å². The van der Waals surface area contributed by atoms with Crippen LogP contribution < -0.4 is 9.64 Å². The molecule has 0 heterocycles. The van der Waals surface area contributed by atoms with Crippen LogP contribution in [0.1, 0.15) is 31.1 Å². The molecule has 0 radical (unpaired) electrons. The standard InChI is InChI=1S/C21H28N2O3/c1-5-22(6-2)21(25)17-10-12-18(13-11-17)23(16(3)15-24)19-8-7-9-20(14-19)26-4/h7-14,16,24H,5-6,15H2,1-4H3. The molecule has 0 aliphatic heterocycles. The molecule has 0 aromatic heterocycles. The molecule has 5 nitrogen and oxygen atoms in total. The summed E-state index contributed by atoms with van der Waals surface area (Å²) in [7, 11) is 1.63. The predicted octanol–water partition coefficient (Wildman–Crippen LogP) is 3.70. The van der Waals surface area contributed by atoms with Crippen LogP contribution in [0.4, 0.5) is 11.4 Å². The lowest BCUT2D eigenvalue weighted by atomic mass is 10.1. The van der Waals surface area contributed by atoms with Gasteiger partial charge in [0.05, 0.1) is 19.8 Å². The smallest absolute Gasteiger partial charge is 0.253 e. The SMILES string of the molecule is CCN(CC)C(=O)c1ccc(N(c2cccc(OC)c2)C(C)CO)cc1. The van der Waals surface area contributed by atoms with E-state index in [0.29, 0.717) is 18.7 Å². The van der Waals surface area contributed by atoms with E-state index in [2.05, 4.69) is 0 Å². The van der Waals surface area contributed by atoms with E-state index in [9.17, 15) is 9.90 Å². The molecule has 0 spiro atoms. The van der Waals surface area contributed by atoms with Gasteiger partial charge in [-0.2, -0.15) is 0 Å². The number of carbonyl (C=O) groups is 1. The van der Waals surface area contributed by atoms with E-state index in [1.54, 1.807) is 12.0 Å². The van der Waals surface area contributed by atoms with Crippen LogP contribution in [0.15, 0.2) is 48.5 Å². The van der Waals surface area contributed by atoms with Crippen molar-refractivity contribution in [2.45, 2.75) is 26.8 Å². The summed E-state index contributed by atoms with van der Waals surface area (Å²) in [6.45, 7) is 7.29. The monoisotopic (exact) mass is 356 g/mol. The molecule has 0 aliphatic rings. The predicted molar refractivity (Wildman–Crippen MR) is 105 cm³/mol. The highest BCUT2D eigenvalue weighted by Crippen LogP contribution is 2.30. The molecule has 0 fully saturated rings. The molecule has 140 valence electrons. The van der Waals surface area contributed by atoms with Gasteiger partial charge in [-0.3, -0.25) is 4.79 Å². The Morgan fingerprint density at radius 1 is 1.08 bits per heavy atom. The number of anilines is 2. The highest BCUT2D eigenvalue weighted by atomic mass is 16.5. The van der Waals surface area contributed by atoms with Gasteiger partial charge in [0.1, 0.15) is 5.75 Å². The molecule has 1 atom stereocenters. The molecule has 5 heteroatoms. The van der Waals surface area contributed by atoms with Crippen molar-refractivity contribution in [1.82, 2.24) is 4.90 Å². The van der Waals surface area contributed by atoms with Crippen LogP contribution in [0.25, 0.3) is 0 Å². The molecule has 1 N–H and O–H groups in total. The number of ether oxygens (including phenoxy) is 1. The molecule has 0 saturated heterocycles. The van der Waals surface area contributed by atoms with Crippen molar-refractivity contribution in [2.24, 2.45) is 0 Å². The fraction of sp³-hybridized carbons (Fsp3) is 0.381. The van der Waals surface area contributed by atoms with Crippen molar-refractivity contribution in [3.63, 3.8) is 0 Å². The number of amides is 1. The fourth-order valence-corrected chi connectivity index (χ4v) is 2.96. The highest BCUT2D eigenvalue weighted by Gasteiger charge is 2.18. The topological polar surface area (TPSA) is 53.0 Å². The number of benzene rings is 2. The van der Waals surface area contributed by atoms with Gasteiger partial charge in [0.25, 0.3) is 5.91 Å². The van der Waals surface area contributed by atoms with Crippen molar-refractivity contribution in [1.29, 1.82) is 0 Å². The summed E-state index contributed by atoms with van der Waals surface area (Å²) in [5.41, 5.74) is 2.50. The number of nitrogens with zero attached hydrogens (tertiary/aromatic N) is 2. The van der Waals surface area contributed by atoms with Crippen LogP contribution in [-0.4, -0.2) is 48.8 Å².